The van der Waals surface area contributed by atoms with Gasteiger partial charge in [-0.1, -0.05) is 19.3 Å². The molecule has 26 heavy (non-hydrogen) atoms. The van der Waals surface area contributed by atoms with Crippen LogP contribution in [0.4, 0.5) is 10.5 Å². The molecular formula is C19H27N5O2. The maximum atomic E-state index is 12.1. The summed E-state index contributed by atoms with van der Waals surface area (Å²) in [6.45, 7) is 2.39. The van der Waals surface area contributed by atoms with Crippen LogP contribution in [-0.2, 0) is 4.79 Å². The van der Waals surface area contributed by atoms with Crippen LogP contribution in [-0.4, -0.2) is 34.5 Å². The monoisotopic (exact) mass is 357 g/mol. The van der Waals surface area contributed by atoms with Gasteiger partial charge in [0.15, 0.2) is 0 Å². The molecule has 3 amide bonds. The lowest BCUT2D eigenvalue weighted by Crippen LogP contribution is -2.43. The molecule has 1 heterocycles. The fourth-order valence-corrected chi connectivity index (χ4v) is 3.37. The second-order valence-electron chi connectivity index (χ2n) is 6.94. The van der Waals surface area contributed by atoms with Crippen molar-refractivity contribution < 1.29 is 9.59 Å². The second kappa shape index (κ2) is 8.69. The summed E-state index contributed by atoms with van der Waals surface area (Å²) in [5, 5.41) is 8.72. The van der Waals surface area contributed by atoms with Crippen molar-refractivity contribution in [1.29, 1.82) is 0 Å². The zero-order valence-electron chi connectivity index (χ0n) is 15.2. The standard InChI is InChI=1S/C19H27N5O2/c1-13-21-16-10-9-15(12-17(16)22-13)23-18(25)8-5-11-20-19(26)24-14-6-3-2-4-7-14/h9-10,12,14H,2-8,11H2,1H3,(H,21,22)(H,23,25)(H2,20,24,26). The molecule has 0 saturated heterocycles. The van der Waals surface area contributed by atoms with Gasteiger partial charge in [0.25, 0.3) is 0 Å². The van der Waals surface area contributed by atoms with Crippen LogP contribution in [0.2, 0.25) is 0 Å². The quantitative estimate of drug-likeness (QED) is 0.597. The number of hydrogen-bond donors (Lipinski definition) is 4. The number of imidazole rings is 1. The van der Waals surface area contributed by atoms with Crippen molar-refractivity contribution in [1.82, 2.24) is 20.6 Å². The first-order chi connectivity index (χ1) is 12.6. The third kappa shape index (κ3) is 5.21. The van der Waals surface area contributed by atoms with Crippen LogP contribution in [0.15, 0.2) is 18.2 Å². The number of aryl methyl sites for hydroxylation is 1. The van der Waals surface area contributed by atoms with Crippen LogP contribution in [0.3, 0.4) is 0 Å². The van der Waals surface area contributed by atoms with Crippen LogP contribution >= 0.6 is 0 Å². The van der Waals surface area contributed by atoms with E-state index in [1.807, 2.05) is 25.1 Å². The molecule has 7 nitrogen and oxygen atoms in total. The summed E-state index contributed by atoms with van der Waals surface area (Å²) in [6, 6.07) is 5.77. The van der Waals surface area contributed by atoms with Crippen molar-refractivity contribution in [2.45, 2.75) is 57.9 Å². The fourth-order valence-electron chi connectivity index (χ4n) is 3.37. The van der Waals surface area contributed by atoms with Gasteiger partial charge in [0, 0.05) is 24.7 Å². The maximum absolute atomic E-state index is 12.1. The number of fused-ring (bicyclic) bond motifs is 1. The SMILES string of the molecule is Cc1nc2ccc(NC(=O)CCCNC(=O)NC3CCCCC3)cc2[nH]1. The molecule has 0 unspecified atom stereocenters. The minimum atomic E-state index is -0.127. The molecule has 0 radical (unpaired) electrons. The molecule has 1 aromatic heterocycles. The molecule has 4 N–H and O–H groups in total. The zero-order chi connectivity index (χ0) is 18.4. The molecule has 2 aromatic rings. The lowest BCUT2D eigenvalue weighted by molar-refractivity contribution is -0.116. The Kier molecular flexibility index (Phi) is 6.09. The predicted molar refractivity (Wildman–Crippen MR) is 102 cm³/mol. The Labute approximate surface area is 153 Å². The number of nitrogens with zero attached hydrogens (tertiary/aromatic N) is 1. The third-order valence-electron chi connectivity index (χ3n) is 4.69. The lowest BCUT2D eigenvalue weighted by atomic mass is 9.96. The Hall–Kier alpha value is -2.57. The number of carbonyl (C=O) groups excluding carboxylic acids is 2. The van der Waals surface area contributed by atoms with E-state index in [1.165, 1.54) is 19.3 Å². The first kappa shape index (κ1) is 18.2. The predicted octanol–water partition coefficient (Wildman–Crippen LogP) is 3.22. The number of amides is 3. The Morgan fingerprint density at radius 3 is 2.85 bits per heavy atom. The van der Waals surface area contributed by atoms with Gasteiger partial charge < -0.3 is 20.9 Å². The third-order valence-corrected chi connectivity index (χ3v) is 4.69. The average Bonchev–Trinajstić information content (AvgIpc) is 2.99. The summed E-state index contributed by atoms with van der Waals surface area (Å²) in [4.78, 5) is 31.4. The highest BCUT2D eigenvalue weighted by Gasteiger charge is 2.15. The highest BCUT2D eigenvalue weighted by molar-refractivity contribution is 5.93. The molecule has 1 saturated carbocycles. The summed E-state index contributed by atoms with van der Waals surface area (Å²) in [6.07, 6.45) is 6.75. The molecule has 0 bridgehead atoms. The zero-order valence-corrected chi connectivity index (χ0v) is 15.2. The summed E-state index contributed by atoms with van der Waals surface area (Å²) in [5.41, 5.74) is 2.53. The number of anilines is 1. The number of benzene rings is 1. The second-order valence-corrected chi connectivity index (χ2v) is 6.94. The molecule has 140 valence electrons. The number of aromatic nitrogens is 2. The summed E-state index contributed by atoms with van der Waals surface area (Å²) < 4.78 is 0. The molecule has 0 atom stereocenters. The molecule has 1 aliphatic rings. The molecule has 3 rings (SSSR count). The van der Waals surface area contributed by atoms with Crippen molar-refractivity contribution in [3.05, 3.63) is 24.0 Å². The van der Waals surface area contributed by atoms with Gasteiger partial charge in [-0.3, -0.25) is 4.79 Å². The van der Waals surface area contributed by atoms with Crippen molar-refractivity contribution in [3.63, 3.8) is 0 Å². The van der Waals surface area contributed by atoms with Crippen molar-refractivity contribution >= 4 is 28.7 Å². The molecular weight excluding hydrogens is 330 g/mol. The van der Waals surface area contributed by atoms with E-state index in [0.29, 0.717) is 25.4 Å². The van der Waals surface area contributed by atoms with Gasteiger partial charge in [-0.15, -0.1) is 0 Å². The Bertz CT molecular complexity index is 764. The number of urea groups is 1. The number of hydrogen-bond acceptors (Lipinski definition) is 3. The molecule has 0 spiro atoms. The minimum absolute atomic E-state index is 0.0601. The number of rotatable bonds is 6. The van der Waals surface area contributed by atoms with Crippen molar-refractivity contribution in [2.24, 2.45) is 0 Å². The smallest absolute Gasteiger partial charge is 0.315 e. The summed E-state index contributed by atoms with van der Waals surface area (Å²) in [5.74, 6) is 0.788. The Balaban J connectivity index is 1.34. The lowest BCUT2D eigenvalue weighted by Gasteiger charge is -2.22. The van der Waals surface area contributed by atoms with Gasteiger partial charge in [0.2, 0.25) is 5.91 Å². The van der Waals surface area contributed by atoms with Crippen molar-refractivity contribution in [2.75, 3.05) is 11.9 Å². The van der Waals surface area contributed by atoms with E-state index in [-0.39, 0.29) is 11.9 Å². The van der Waals surface area contributed by atoms with Gasteiger partial charge >= 0.3 is 6.03 Å². The highest BCUT2D eigenvalue weighted by atomic mass is 16.2. The van der Waals surface area contributed by atoms with Crippen molar-refractivity contribution in [3.8, 4) is 0 Å². The number of carbonyl (C=O) groups is 2. The first-order valence-electron chi connectivity index (χ1n) is 9.41. The topological polar surface area (TPSA) is 98.9 Å². The number of nitrogens with one attached hydrogen (secondary N) is 4. The highest BCUT2D eigenvalue weighted by Crippen LogP contribution is 2.18. The minimum Gasteiger partial charge on any atom is -0.342 e. The molecule has 0 aliphatic heterocycles. The number of aromatic amines is 1. The van der Waals surface area contributed by atoms with E-state index in [9.17, 15) is 9.59 Å². The van der Waals surface area contributed by atoms with Crippen LogP contribution in [0, 0.1) is 6.92 Å². The van der Waals surface area contributed by atoms with E-state index in [1.54, 1.807) is 0 Å². The normalized spacial score (nSPS) is 15.0. The average molecular weight is 357 g/mol. The van der Waals surface area contributed by atoms with Gasteiger partial charge in [0.05, 0.1) is 11.0 Å². The Morgan fingerprint density at radius 2 is 2.04 bits per heavy atom. The van der Waals surface area contributed by atoms with E-state index < -0.39 is 0 Å². The van der Waals surface area contributed by atoms with Gasteiger partial charge in [-0.05, 0) is 44.4 Å². The largest absolute Gasteiger partial charge is 0.342 e. The van der Waals surface area contributed by atoms with Crippen LogP contribution in [0.5, 0.6) is 0 Å². The van der Waals surface area contributed by atoms with E-state index in [2.05, 4.69) is 25.9 Å². The van der Waals surface area contributed by atoms with Crippen LogP contribution < -0.4 is 16.0 Å². The summed E-state index contributed by atoms with van der Waals surface area (Å²) >= 11 is 0. The number of H-pyrrole nitrogens is 1. The van der Waals surface area contributed by atoms with Gasteiger partial charge in [-0.2, -0.15) is 0 Å². The van der Waals surface area contributed by atoms with E-state index in [0.717, 1.165) is 35.4 Å². The summed E-state index contributed by atoms with van der Waals surface area (Å²) in [7, 11) is 0. The maximum Gasteiger partial charge on any atom is 0.315 e. The van der Waals surface area contributed by atoms with Gasteiger partial charge in [-0.25, -0.2) is 9.78 Å². The first-order valence-corrected chi connectivity index (χ1v) is 9.41. The van der Waals surface area contributed by atoms with Crippen LogP contribution in [0.1, 0.15) is 50.8 Å². The van der Waals surface area contributed by atoms with E-state index in [4.69, 9.17) is 0 Å². The molecule has 1 fully saturated rings. The molecule has 1 aromatic carbocycles. The van der Waals surface area contributed by atoms with Crippen LogP contribution in [0.25, 0.3) is 11.0 Å². The molecule has 7 heteroatoms. The molecule has 1 aliphatic carbocycles. The fraction of sp³-hybridized carbons (Fsp3) is 0.526. The van der Waals surface area contributed by atoms with E-state index >= 15 is 0 Å². The van der Waals surface area contributed by atoms with Gasteiger partial charge in [0.1, 0.15) is 5.82 Å². The Morgan fingerprint density at radius 1 is 1.23 bits per heavy atom.